The van der Waals surface area contributed by atoms with Crippen LogP contribution in [0.1, 0.15) is 21.7 Å². The number of aromatic nitrogens is 3. The van der Waals surface area contributed by atoms with Gasteiger partial charge in [-0.15, -0.1) is 0 Å². The van der Waals surface area contributed by atoms with Gasteiger partial charge in [-0.2, -0.15) is 0 Å². The second-order valence-corrected chi connectivity index (χ2v) is 3.82. The van der Waals surface area contributed by atoms with Crippen molar-refractivity contribution in [3.05, 3.63) is 53.9 Å². The zero-order valence-corrected chi connectivity index (χ0v) is 9.78. The maximum atomic E-state index is 11.2. The molecule has 0 saturated heterocycles. The van der Waals surface area contributed by atoms with Gasteiger partial charge < -0.3 is 5.11 Å². The Labute approximate surface area is 105 Å². The van der Waals surface area contributed by atoms with Crippen LogP contribution in [0, 0.1) is 0 Å². The van der Waals surface area contributed by atoms with Gasteiger partial charge in [0.05, 0.1) is 5.56 Å². The number of aliphatic hydroxyl groups is 1. The molecule has 2 heterocycles. The van der Waals surface area contributed by atoms with Crippen molar-refractivity contribution in [3.8, 4) is 0 Å². The fourth-order valence-corrected chi connectivity index (χ4v) is 1.52. The lowest BCUT2D eigenvalue weighted by Crippen LogP contribution is -2.07. The van der Waals surface area contributed by atoms with Crippen LogP contribution in [0.15, 0.2) is 36.9 Å². The number of Topliss-reactive ketones (excluding diaryl/α,β-unsaturated/α-hetero) is 1. The monoisotopic (exact) mass is 243 g/mol. The fourth-order valence-electron chi connectivity index (χ4n) is 1.52. The highest BCUT2D eigenvalue weighted by Crippen LogP contribution is 2.03. The van der Waals surface area contributed by atoms with Crippen LogP contribution < -0.4 is 0 Å². The first-order valence-corrected chi connectivity index (χ1v) is 5.63. The standard InChI is InChI=1S/C13H13N3O2/c17-9-12(18)11-7-15-13(16-8-11)2-1-10-3-5-14-6-4-10/h3-8,17H,1-2,9H2. The SMILES string of the molecule is O=C(CO)c1cnc(CCc2ccncc2)nc1. The van der Waals surface area contributed by atoms with E-state index in [-0.39, 0.29) is 5.78 Å². The van der Waals surface area contributed by atoms with E-state index >= 15 is 0 Å². The zero-order valence-electron chi connectivity index (χ0n) is 9.78. The molecule has 5 heteroatoms. The number of pyridine rings is 1. The van der Waals surface area contributed by atoms with Crippen molar-refractivity contribution in [1.82, 2.24) is 15.0 Å². The third kappa shape index (κ3) is 3.18. The predicted molar refractivity (Wildman–Crippen MR) is 65.1 cm³/mol. The van der Waals surface area contributed by atoms with E-state index in [0.717, 1.165) is 6.42 Å². The van der Waals surface area contributed by atoms with Gasteiger partial charge in [0.25, 0.3) is 0 Å². The summed E-state index contributed by atoms with van der Waals surface area (Å²) in [6.07, 6.45) is 7.94. The van der Waals surface area contributed by atoms with Crippen LogP contribution in [0.4, 0.5) is 0 Å². The second-order valence-electron chi connectivity index (χ2n) is 3.82. The van der Waals surface area contributed by atoms with E-state index in [1.54, 1.807) is 12.4 Å². The summed E-state index contributed by atoms with van der Waals surface area (Å²) in [6.45, 7) is -0.514. The second kappa shape index (κ2) is 5.97. The first-order valence-electron chi connectivity index (χ1n) is 5.63. The molecule has 0 aliphatic rings. The number of aliphatic hydroxyl groups excluding tert-OH is 1. The number of hydrogen-bond donors (Lipinski definition) is 1. The lowest BCUT2D eigenvalue weighted by molar-refractivity contribution is 0.0903. The molecule has 0 saturated carbocycles. The third-order valence-electron chi connectivity index (χ3n) is 2.56. The Balaban J connectivity index is 1.97. The van der Waals surface area contributed by atoms with Crippen molar-refractivity contribution in [2.45, 2.75) is 12.8 Å². The Bertz CT molecular complexity index is 512. The zero-order chi connectivity index (χ0) is 12.8. The summed E-state index contributed by atoms with van der Waals surface area (Å²) in [4.78, 5) is 23.3. The maximum Gasteiger partial charge on any atom is 0.191 e. The summed E-state index contributed by atoms with van der Waals surface area (Å²) in [5, 5.41) is 8.70. The van der Waals surface area contributed by atoms with Crippen molar-refractivity contribution in [2.24, 2.45) is 0 Å². The molecule has 92 valence electrons. The average Bonchev–Trinajstić information content (AvgIpc) is 2.46. The van der Waals surface area contributed by atoms with Gasteiger partial charge in [0.1, 0.15) is 12.4 Å². The van der Waals surface area contributed by atoms with Crippen LogP contribution in [-0.2, 0) is 12.8 Å². The maximum absolute atomic E-state index is 11.2. The van der Waals surface area contributed by atoms with E-state index in [2.05, 4.69) is 15.0 Å². The van der Waals surface area contributed by atoms with Gasteiger partial charge in [-0.25, -0.2) is 9.97 Å². The first-order chi connectivity index (χ1) is 8.79. The van der Waals surface area contributed by atoms with Gasteiger partial charge in [0.2, 0.25) is 0 Å². The minimum Gasteiger partial charge on any atom is -0.388 e. The van der Waals surface area contributed by atoms with Crippen LogP contribution in [0.3, 0.4) is 0 Å². The molecule has 0 fully saturated rings. The fraction of sp³-hybridized carbons (Fsp3) is 0.231. The third-order valence-corrected chi connectivity index (χ3v) is 2.56. The molecule has 2 aromatic rings. The molecule has 2 aromatic heterocycles. The molecular weight excluding hydrogens is 230 g/mol. The first kappa shape index (κ1) is 12.3. The Hall–Kier alpha value is -2.14. The molecule has 0 aliphatic heterocycles. The van der Waals surface area contributed by atoms with Crippen LogP contribution in [0.25, 0.3) is 0 Å². The molecule has 18 heavy (non-hydrogen) atoms. The van der Waals surface area contributed by atoms with Crippen molar-refractivity contribution in [2.75, 3.05) is 6.61 Å². The van der Waals surface area contributed by atoms with E-state index in [1.807, 2.05) is 12.1 Å². The van der Waals surface area contributed by atoms with Crippen molar-refractivity contribution in [3.63, 3.8) is 0 Å². The van der Waals surface area contributed by atoms with Crippen molar-refractivity contribution in [1.29, 1.82) is 0 Å². The van der Waals surface area contributed by atoms with Gasteiger partial charge in [0, 0.05) is 31.2 Å². The number of nitrogens with zero attached hydrogens (tertiary/aromatic N) is 3. The molecule has 0 aromatic carbocycles. The summed E-state index contributed by atoms with van der Waals surface area (Å²) in [7, 11) is 0. The van der Waals surface area contributed by atoms with Gasteiger partial charge in [-0.05, 0) is 24.1 Å². The topological polar surface area (TPSA) is 76.0 Å². The van der Waals surface area contributed by atoms with Gasteiger partial charge in [-0.1, -0.05) is 0 Å². The van der Waals surface area contributed by atoms with Crippen LogP contribution in [0.5, 0.6) is 0 Å². The summed E-state index contributed by atoms with van der Waals surface area (Å²) in [5.74, 6) is 0.317. The van der Waals surface area contributed by atoms with Crippen molar-refractivity contribution < 1.29 is 9.90 Å². The van der Waals surface area contributed by atoms with Crippen molar-refractivity contribution >= 4 is 5.78 Å². The smallest absolute Gasteiger partial charge is 0.191 e. The summed E-state index contributed by atoms with van der Waals surface area (Å²) >= 11 is 0. The molecule has 0 amide bonds. The number of ketones is 1. The van der Waals surface area contributed by atoms with Gasteiger partial charge in [-0.3, -0.25) is 9.78 Å². The molecule has 0 aliphatic carbocycles. The molecule has 0 atom stereocenters. The minimum atomic E-state index is -0.514. The van der Waals surface area contributed by atoms with E-state index in [4.69, 9.17) is 5.11 Å². The number of hydrogen-bond acceptors (Lipinski definition) is 5. The molecule has 0 spiro atoms. The van der Waals surface area contributed by atoms with E-state index in [9.17, 15) is 4.79 Å². The molecule has 0 radical (unpaired) electrons. The lowest BCUT2D eigenvalue weighted by atomic mass is 10.1. The average molecular weight is 243 g/mol. The minimum absolute atomic E-state index is 0.338. The highest BCUT2D eigenvalue weighted by atomic mass is 16.3. The molecule has 1 N–H and O–H groups in total. The Morgan fingerprint density at radius 3 is 2.39 bits per heavy atom. The number of rotatable bonds is 5. The molecule has 0 bridgehead atoms. The van der Waals surface area contributed by atoms with Crippen LogP contribution in [-0.4, -0.2) is 32.4 Å². The van der Waals surface area contributed by atoms with E-state index in [0.29, 0.717) is 17.8 Å². The lowest BCUT2D eigenvalue weighted by Gasteiger charge is -2.01. The highest BCUT2D eigenvalue weighted by molar-refractivity contribution is 5.96. The normalized spacial score (nSPS) is 10.3. The quantitative estimate of drug-likeness (QED) is 0.787. The van der Waals surface area contributed by atoms with E-state index in [1.165, 1.54) is 18.0 Å². The largest absolute Gasteiger partial charge is 0.388 e. The number of carbonyl (C=O) groups is 1. The molecular formula is C13H13N3O2. The van der Waals surface area contributed by atoms with Crippen LogP contribution in [0.2, 0.25) is 0 Å². The Morgan fingerprint density at radius 1 is 1.11 bits per heavy atom. The summed E-state index contributed by atoms with van der Waals surface area (Å²) < 4.78 is 0. The highest BCUT2D eigenvalue weighted by Gasteiger charge is 2.05. The molecule has 2 rings (SSSR count). The Morgan fingerprint density at radius 2 is 1.78 bits per heavy atom. The molecule has 0 unspecified atom stereocenters. The van der Waals surface area contributed by atoms with Crippen LogP contribution >= 0.6 is 0 Å². The predicted octanol–water partition coefficient (Wildman–Crippen LogP) is 0.832. The van der Waals surface area contributed by atoms with E-state index < -0.39 is 6.61 Å². The Kier molecular flexibility index (Phi) is 4.09. The van der Waals surface area contributed by atoms with Gasteiger partial charge >= 0.3 is 0 Å². The molecule has 5 nitrogen and oxygen atoms in total. The number of aryl methyl sites for hydroxylation is 2. The summed E-state index contributed by atoms with van der Waals surface area (Å²) in [6, 6.07) is 3.90. The van der Waals surface area contributed by atoms with Gasteiger partial charge in [0.15, 0.2) is 5.78 Å². The summed E-state index contributed by atoms with van der Waals surface area (Å²) in [5.41, 5.74) is 1.51. The number of carbonyl (C=O) groups excluding carboxylic acids is 1.